The fraction of sp³-hybridized carbons (Fsp3) is 0.211. The highest BCUT2D eigenvalue weighted by Crippen LogP contribution is 2.29. The van der Waals surface area contributed by atoms with Crippen molar-refractivity contribution in [1.29, 1.82) is 0 Å². The zero-order chi connectivity index (χ0) is 21.0. The van der Waals surface area contributed by atoms with E-state index in [1.165, 1.54) is 23.9 Å². The number of hydrogen-bond donors (Lipinski definition) is 1. The normalized spacial score (nSPS) is 10.7. The van der Waals surface area contributed by atoms with Crippen molar-refractivity contribution in [2.75, 3.05) is 11.1 Å². The Labute approximate surface area is 176 Å². The smallest absolute Gasteiger partial charge is 0.271 e. The van der Waals surface area contributed by atoms with E-state index >= 15 is 0 Å². The van der Waals surface area contributed by atoms with E-state index in [1.807, 2.05) is 29.7 Å². The SMILES string of the molecule is CCn1c(SCC(=O)Nc2cc([N+](=O)[O-])ccc2C)nnc1-c1ccccc1Cl. The van der Waals surface area contributed by atoms with Crippen LogP contribution in [-0.2, 0) is 11.3 Å². The van der Waals surface area contributed by atoms with E-state index in [0.29, 0.717) is 28.2 Å². The van der Waals surface area contributed by atoms with Crippen molar-refractivity contribution >= 4 is 40.6 Å². The van der Waals surface area contributed by atoms with Gasteiger partial charge in [-0.15, -0.1) is 10.2 Å². The first-order chi connectivity index (χ1) is 13.9. The maximum atomic E-state index is 12.4. The van der Waals surface area contributed by atoms with Gasteiger partial charge in [0, 0.05) is 24.2 Å². The average molecular weight is 432 g/mol. The number of nitro groups is 1. The molecule has 0 spiro atoms. The molecule has 0 saturated heterocycles. The molecule has 1 N–H and O–H groups in total. The van der Waals surface area contributed by atoms with Crippen LogP contribution in [0.4, 0.5) is 11.4 Å². The Morgan fingerprint density at radius 1 is 1.28 bits per heavy atom. The molecule has 0 bridgehead atoms. The van der Waals surface area contributed by atoms with Gasteiger partial charge in [-0.2, -0.15) is 0 Å². The Kier molecular flexibility index (Phi) is 6.50. The lowest BCUT2D eigenvalue weighted by Crippen LogP contribution is -2.15. The van der Waals surface area contributed by atoms with Crippen molar-refractivity contribution in [3.05, 3.63) is 63.2 Å². The molecular formula is C19H18ClN5O3S. The Bertz CT molecular complexity index is 1070. The van der Waals surface area contributed by atoms with E-state index in [2.05, 4.69) is 15.5 Å². The molecule has 0 aliphatic heterocycles. The third-order valence-corrected chi connectivity index (χ3v) is 5.48. The first-order valence-corrected chi connectivity index (χ1v) is 10.1. The van der Waals surface area contributed by atoms with Gasteiger partial charge >= 0.3 is 0 Å². The van der Waals surface area contributed by atoms with Crippen LogP contribution in [0.3, 0.4) is 0 Å². The molecule has 0 atom stereocenters. The molecule has 2 aromatic carbocycles. The van der Waals surface area contributed by atoms with Crippen LogP contribution in [0, 0.1) is 17.0 Å². The number of anilines is 1. The summed E-state index contributed by atoms with van der Waals surface area (Å²) in [7, 11) is 0. The second kappa shape index (κ2) is 9.06. The standard InChI is InChI=1S/C19H18ClN5O3S/c1-3-24-18(14-6-4-5-7-15(14)20)22-23-19(24)29-11-17(26)21-16-10-13(25(27)28)9-8-12(16)2/h4-10H,3,11H2,1-2H3,(H,21,26). The second-order valence-electron chi connectivity index (χ2n) is 6.12. The zero-order valence-electron chi connectivity index (χ0n) is 15.8. The van der Waals surface area contributed by atoms with Gasteiger partial charge in [-0.1, -0.05) is 41.6 Å². The van der Waals surface area contributed by atoms with Crippen LogP contribution in [0.15, 0.2) is 47.6 Å². The Balaban J connectivity index is 1.72. The lowest BCUT2D eigenvalue weighted by molar-refractivity contribution is -0.384. The Morgan fingerprint density at radius 3 is 2.72 bits per heavy atom. The number of hydrogen-bond acceptors (Lipinski definition) is 6. The van der Waals surface area contributed by atoms with E-state index < -0.39 is 4.92 Å². The number of carbonyl (C=O) groups excluding carboxylic acids is 1. The summed E-state index contributed by atoms with van der Waals surface area (Å²) < 4.78 is 1.89. The minimum atomic E-state index is -0.496. The largest absolute Gasteiger partial charge is 0.325 e. The molecule has 29 heavy (non-hydrogen) atoms. The molecule has 150 valence electrons. The maximum Gasteiger partial charge on any atom is 0.271 e. The van der Waals surface area contributed by atoms with E-state index in [9.17, 15) is 14.9 Å². The molecule has 0 aliphatic carbocycles. The third kappa shape index (κ3) is 4.75. The summed E-state index contributed by atoms with van der Waals surface area (Å²) in [6.07, 6.45) is 0. The van der Waals surface area contributed by atoms with Crippen LogP contribution in [0.2, 0.25) is 5.02 Å². The third-order valence-electron chi connectivity index (χ3n) is 4.19. The van der Waals surface area contributed by atoms with Gasteiger partial charge in [-0.05, 0) is 31.5 Å². The van der Waals surface area contributed by atoms with Crippen molar-refractivity contribution in [1.82, 2.24) is 14.8 Å². The monoisotopic (exact) mass is 431 g/mol. The van der Waals surface area contributed by atoms with Gasteiger partial charge < -0.3 is 9.88 Å². The summed E-state index contributed by atoms with van der Waals surface area (Å²) in [4.78, 5) is 22.8. The van der Waals surface area contributed by atoms with E-state index in [0.717, 1.165) is 11.1 Å². The van der Waals surface area contributed by atoms with Crippen LogP contribution in [0.1, 0.15) is 12.5 Å². The first kappa shape index (κ1) is 20.8. The summed E-state index contributed by atoms with van der Waals surface area (Å²) in [5.74, 6) is 0.432. The molecule has 0 unspecified atom stereocenters. The number of rotatable bonds is 7. The number of aromatic nitrogens is 3. The first-order valence-electron chi connectivity index (χ1n) is 8.76. The minimum absolute atomic E-state index is 0.0753. The molecule has 3 aromatic rings. The van der Waals surface area contributed by atoms with Crippen LogP contribution < -0.4 is 5.32 Å². The van der Waals surface area contributed by atoms with Crippen molar-refractivity contribution in [2.24, 2.45) is 0 Å². The van der Waals surface area contributed by atoms with Crippen LogP contribution in [-0.4, -0.2) is 31.3 Å². The molecule has 1 aromatic heterocycles. The summed E-state index contributed by atoms with van der Waals surface area (Å²) in [5, 5.41) is 23.2. The molecule has 1 amide bonds. The second-order valence-corrected chi connectivity index (χ2v) is 7.47. The van der Waals surface area contributed by atoms with Gasteiger partial charge in [0.05, 0.1) is 21.4 Å². The van der Waals surface area contributed by atoms with Crippen molar-refractivity contribution in [3.63, 3.8) is 0 Å². The van der Waals surface area contributed by atoms with E-state index in [1.54, 1.807) is 19.1 Å². The molecule has 0 saturated carbocycles. The highest BCUT2D eigenvalue weighted by molar-refractivity contribution is 7.99. The van der Waals surface area contributed by atoms with E-state index in [-0.39, 0.29) is 17.3 Å². The van der Waals surface area contributed by atoms with Crippen LogP contribution in [0.5, 0.6) is 0 Å². The topological polar surface area (TPSA) is 103 Å². The van der Waals surface area contributed by atoms with Gasteiger partial charge in [-0.3, -0.25) is 14.9 Å². The minimum Gasteiger partial charge on any atom is -0.325 e. The number of benzene rings is 2. The Morgan fingerprint density at radius 2 is 2.03 bits per heavy atom. The van der Waals surface area contributed by atoms with Crippen LogP contribution in [0.25, 0.3) is 11.4 Å². The summed E-state index contributed by atoms with van der Waals surface area (Å²) in [5.41, 5.74) is 1.85. The predicted octanol–water partition coefficient (Wildman–Crippen LogP) is 4.57. The highest BCUT2D eigenvalue weighted by atomic mass is 35.5. The fourth-order valence-corrected chi connectivity index (χ4v) is 3.72. The van der Waals surface area contributed by atoms with Gasteiger partial charge in [0.15, 0.2) is 11.0 Å². The van der Waals surface area contributed by atoms with Crippen molar-refractivity contribution < 1.29 is 9.72 Å². The fourth-order valence-electron chi connectivity index (χ4n) is 2.70. The van der Waals surface area contributed by atoms with Gasteiger partial charge in [0.1, 0.15) is 0 Å². The molecule has 3 rings (SSSR count). The molecule has 0 fully saturated rings. The molecular weight excluding hydrogens is 414 g/mol. The zero-order valence-corrected chi connectivity index (χ0v) is 17.3. The molecule has 8 nitrogen and oxygen atoms in total. The number of nitrogens with one attached hydrogen (secondary N) is 1. The number of nitrogens with zero attached hydrogens (tertiary/aromatic N) is 4. The number of carbonyl (C=O) groups is 1. The predicted molar refractivity (Wildman–Crippen MR) is 113 cm³/mol. The summed E-state index contributed by atoms with van der Waals surface area (Å²) >= 11 is 7.50. The number of aryl methyl sites for hydroxylation is 1. The number of nitro benzene ring substituents is 1. The number of amides is 1. The average Bonchev–Trinajstić information content (AvgIpc) is 3.11. The lowest BCUT2D eigenvalue weighted by atomic mass is 10.2. The van der Waals surface area contributed by atoms with Crippen LogP contribution >= 0.6 is 23.4 Å². The quantitative estimate of drug-likeness (QED) is 0.334. The van der Waals surface area contributed by atoms with Crippen molar-refractivity contribution in [3.8, 4) is 11.4 Å². The Hall–Kier alpha value is -2.91. The lowest BCUT2D eigenvalue weighted by Gasteiger charge is -2.09. The van der Waals surface area contributed by atoms with Gasteiger partial charge in [0.2, 0.25) is 5.91 Å². The molecule has 1 heterocycles. The number of non-ortho nitro benzene ring substituents is 1. The summed E-state index contributed by atoms with van der Waals surface area (Å²) in [6, 6.07) is 11.7. The molecule has 0 radical (unpaired) electrons. The maximum absolute atomic E-state index is 12.4. The van der Waals surface area contributed by atoms with Crippen molar-refractivity contribution in [2.45, 2.75) is 25.5 Å². The highest BCUT2D eigenvalue weighted by Gasteiger charge is 2.17. The summed E-state index contributed by atoms with van der Waals surface area (Å²) in [6.45, 7) is 4.35. The van der Waals surface area contributed by atoms with Gasteiger partial charge in [0.25, 0.3) is 5.69 Å². The molecule has 0 aliphatic rings. The molecule has 10 heteroatoms. The van der Waals surface area contributed by atoms with Gasteiger partial charge in [-0.25, -0.2) is 0 Å². The van der Waals surface area contributed by atoms with E-state index in [4.69, 9.17) is 11.6 Å². The number of halogens is 1. The number of thioether (sulfide) groups is 1.